The molecule has 0 radical (unpaired) electrons. The standard InChI is InChI=1S/C14H16ClN3O2S/c1-2-9-21(19,20)18-13-7-8-14(16-10-13)17-12-5-3-11(15)4-6-12/h3-8,10,18H,2,9H2,1H3,(H,16,17). The van der Waals surface area contributed by atoms with Gasteiger partial charge in [-0.1, -0.05) is 18.5 Å². The van der Waals surface area contributed by atoms with Gasteiger partial charge in [0.2, 0.25) is 10.0 Å². The first-order chi connectivity index (χ1) is 9.98. The lowest BCUT2D eigenvalue weighted by Gasteiger charge is -2.08. The van der Waals surface area contributed by atoms with E-state index in [1.807, 2.05) is 19.1 Å². The van der Waals surface area contributed by atoms with Crippen molar-refractivity contribution in [2.75, 3.05) is 15.8 Å². The maximum atomic E-state index is 11.6. The van der Waals surface area contributed by atoms with E-state index >= 15 is 0 Å². The van der Waals surface area contributed by atoms with Crippen LogP contribution in [0, 0.1) is 0 Å². The summed E-state index contributed by atoms with van der Waals surface area (Å²) in [6.45, 7) is 1.82. The largest absolute Gasteiger partial charge is 0.340 e. The number of rotatable bonds is 6. The molecule has 0 aliphatic heterocycles. The molecule has 0 bridgehead atoms. The van der Waals surface area contributed by atoms with Gasteiger partial charge in [-0.05, 0) is 42.8 Å². The van der Waals surface area contributed by atoms with Gasteiger partial charge in [0, 0.05) is 10.7 Å². The van der Waals surface area contributed by atoms with Crippen molar-refractivity contribution in [2.45, 2.75) is 13.3 Å². The van der Waals surface area contributed by atoms with Gasteiger partial charge in [-0.25, -0.2) is 13.4 Å². The number of hydrogen-bond acceptors (Lipinski definition) is 4. The summed E-state index contributed by atoms with van der Waals surface area (Å²) in [6, 6.07) is 10.6. The summed E-state index contributed by atoms with van der Waals surface area (Å²) in [6.07, 6.45) is 2.05. The highest BCUT2D eigenvalue weighted by Gasteiger charge is 2.08. The van der Waals surface area contributed by atoms with Crippen LogP contribution < -0.4 is 10.0 Å². The van der Waals surface area contributed by atoms with E-state index in [4.69, 9.17) is 11.6 Å². The first-order valence-electron chi connectivity index (χ1n) is 6.47. The van der Waals surface area contributed by atoms with Gasteiger partial charge < -0.3 is 5.32 Å². The van der Waals surface area contributed by atoms with Gasteiger partial charge >= 0.3 is 0 Å². The highest BCUT2D eigenvalue weighted by molar-refractivity contribution is 7.92. The molecule has 0 saturated heterocycles. The lowest BCUT2D eigenvalue weighted by atomic mass is 10.3. The summed E-state index contributed by atoms with van der Waals surface area (Å²) in [5.74, 6) is 0.716. The average Bonchev–Trinajstić information content (AvgIpc) is 2.43. The number of pyridine rings is 1. The first-order valence-corrected chi connectivity index (χ1v) is 8.50. The maximum absolute atomic E-state index is 11.6. The topological polar surface area (TPSA) is 71.1 Å². The quantitative estimate of drug-likeness (QED) is 0.850. The third-order valence-electron chi connectivity index (χ3n) is 2.63. The summed E-state index contributed by atoms with van der Waals surface area (Å²) in [5, 5.41) is 3.76. The predicted octanol–water partition coefficient (Wildman–Crippen LogP) is 3.63. The third kappa shape index (κ3) is 4.91. The fourth-order valence-corrected chi connectivity index (χ4v) is 2.95. The van der Waals surface area contributed by atoms with Gasteiger partial charge in [-0.15, -0.1) is 0 Å². The van der Waals surface area contributed by atoms with E-state index in [9.17, 15) is 8.42 Å². The molecule has 1 aromatic carbocycles. The number of sulfonamides is 1. The zero-order chi connectivity index (χ0) is 15.3. The lowest BCUT2D eigenvalue weighted by Crippen LogP contribution is -2.16. The normalized spacial score (nSPS) is 11.1. The van der Waals surface area contributed by atoms with Gasteiger partial charge in [-0.3, -0.25) is 4.72 Å². The molecule has 0 unspecified atom stereocenters. The van der Waals surface area contributed by atoms with E-state index in [-0.39, 0.29) is 5.75 Å². The van der Waals surface area contributed by atoms with Crippen molar-refractivity contribution in [3.8, 4) is 0 Å². The summed E-state index contributed by atoms with van der Waals surface area (Å²) >= 11 is 5.81. The lowest BCUT2D eigenvalue weighted by molar-refractivity contribution is 0.600. The number of halogens is 1. The molecular weight excluding hydrogens is 310 g/mol. The van der Waals surface area contributed by atoms with Crippen LogP contribution in [0.5, 0.6) is 0 Å². The molecule has 0 spiro atoms. The van der Waals surface area contributed by atoms with E-state index in [1.165, 1.54) is 6.20 Å². The SMILES string of the molecule is CCCS(=O)(=O)Nc1ccc(Nc2ccc(Cl)cc2)nc1. The fourth-order valence-electron chi connectivity index (χ4n) is 1.71. The van der Waals surface area contributed by atoms with Crippen LogP contribution >= 0.6 is 11.6 Å². The molecule has 0 saturated carbocycles. The molecule has 2 N–H and O–H groups in total. The highest BCUT2D eigenvalue weighted by atomic mass is 35.5. The van der Waals surface area contributed by atoms with Crippen molar-refractivity contribution in [3.05, 3.63) is 47.6 Å². The van der Waals surface area contributed by atoms with E-state index in [0.717, 1.165) is 5.69 Å². The Labute approximate surface area is 129 Å². The van der Waals surface area contributed by atoms with Crippen LogP contribution in [0.4, 0.5) is 17.2 Å². The highest BCUT2D eigenvalue weighted by Crippen LogP contribution is 2.19. The van der Waals surface area contributed by atoms with Crippen LogP contribution in [0.1, 0.15) is 13.3 Å². The van der Waals surface area contributed by atoms with Crippen molar-refractivity contribution in [2.24, 2.45) is 0 Å². The van der Waals surface area contributed by atoms with E-state index < -0.39 is 10.0 Å². The summed E-state index contributed by atoms with van der Waals surface area (Å²) in [5.41, 5.74) is 1.30. The molecular formula is C14H16ClN3O2S. The molecule has 0 aliphatic carbocycles. The Morgan fingerprint density at radius 3 is 2.33 bits per heavy atom. The Morgan fingerprint density at radius 1 is 1.10 bits per heavy atom. The zero-order valence-electron chi connectivity index (χ0n) is 11.5. The van der Waals surface area contributed by atoms with Gasteiger partial charge in [0.05, 0.1) is 17.6 Å². The molecule has 1 aromatic heterocycles. The Balaban J connectivity index is 2.03. The minimum absolute atomic E-state index is 0.0950. The van der Waals surface area contributed by atoms with Crippen LogP contribution in [0.15, 0.2) is 42.6 Å². The third-order valence-corrected chi connectivity index (χ3v) is 4.37. The van der Waals surface area contributed by atoms with Gasteiger partial charge in [0.25, 0.3) is 0 Å². The second kappa shape index (κ2) is 6.78. The maximum Gasteiger partial charge on any atom is 0.232 e. The number of nitrogens with one attached hydrogen (secondary N) is 2. The first kappa shape index (κ1) is 15.6. The van der Waals surface area contributed by atoms with Crippen LogP contribution in [0.25, 0.3) is 0 Å². The number of anilines is 3. The van der Waals surface area contributed by atoms with Gasteiger partial charge in [-0.2, -0.15) is 0 Å². The molecule has 112 valence electrons. The Morgan fingerprint density at radius 2 is 1.76 bits per heavy atom. The second-order valence-corrected chi connectivity index (χ2v) is 6.76. The van der Waals surface area contributed by atoms with Crippen LogP contribution in [0.3, 0.4) is 0 Å². The summed E-state index contributed by atoms with van der Waals surface area (Å²) in [4.78, 5) is 4.17. The molecule has 0 aliphatic rings. The Hall–Kier alpha value is -1.79. The van der Waals surface area contributed by atoms with Gasteiger partial charge in [0.15, 0.2) is 0 Å². The number of nitrogens with zero attached hydrogens (tertiary/aromatic N) is 1. The number of hydrogen-bond donors (Lipinski definition) is 2. The van der Waals surface area contributed by atoms with E-state index in [0.29, 0.717) is 22.9 Å². The van der Waals surface area contributed by atoms with Crippen molar-refractivity contribution < 1.29 is 8.42 Å². The van der Waals surface area contributed by atoms with Crippen molar-refractivity contribution in [1.82, 2.24) is 4.98 Å². The minimum Gasteiger partial charge on any atom is -0.340 e. The number of aromatic nitrogens is 1. The minimum atomic E-state index is -3.29. The molecule has 2 aromatic rings. The zero-order valence-corrected chi connectivity index (χ0v) is 13.1. The Kier molecular flexibility index (Phi) is 5.03. The molecule has 5 nitrogen and oxygen atoms in total. The van der Waals surface area contributed by atoms with Crippen molar-refractivity contribution >= 4 is 38.8 Å². The molecule has 0 amide bonds. The second-order valence-electron chi connectivity index (χ2n) is 4.48. The monoisotopic (exact) mass is 325 g/mol. The summed E-state index contributed by atoms with van der Waals surface area (Å²) < 4.78 is 25.8. The molecule has 7 heteroatoms. The molecule has 21 heavy (non-hydrogen) atoms. The fraction of sp³-hybridized carbons (Fsp3) is 0.214. The van der Waals surface area contributed by atoms with Crippen LogP contribution in [-0.2, 0) is 10.0 Å². The predicted molar refractivity (Wildman–Crippen MR) is 86.7 cm³/mol. The molecule has 1 heterocycles. The summed E-state index contributed by atoms with van der Waals surface area (Å²) in [7, 11) is -3.29. The van der Waals surface area contributed by atoms with E-state index in [2.05, 4.69) is 15.0 Å². The smallest absolute Gasteiger partial charge is 0.232 e. The molecule has 0 fully saturated rings. The van der Waals surface area contributed by atoms with Crippen LogP contribution in [-0.4, -0.2) is 19.2 Å². The Bertz CT molecular complexity index is 685. The molecule has 2 rings (SSSR count). The van der Waals surface area contributed by atoms with Gasteiger partial charge in [0.1, 0.15) is 5.82 Å². The van der Waals surface area contributed by atoms with Crippen LogP contribution in [0.2, 0.25) is 5.02 Å². The van der Waals surface area contributed by atoms with Crippen molar-refractivity contribution in [1.29, 1.82) is 0 Å². The number of benzene rings is 1. The average molecular weight is 326 g/mol. The van der Waals surface area contributed by atoms with E-state index in [1.54, 1.807) is 24.3 Å². The van der Waals surface area contributed by atoms with Crippen molar-refractivity contribution in [3.63, 3.8) is 0 Å². The molecule has 0 atom stereocenters.